The average molecular weight is 329 g/mol. The molecule has 0 spiro atoms. The minimum atomic E-state index is 0.108. The fraction of sp³-hybridized carbons (Fsp3) is 0.182. The van der Waals surface area contributed by atoms with Crippen LogP contribution in [0.2, 0.25) is 0 Å². The molecule has 0 aliphatic rings. The van der Waals surface area contributed by atoms with Gasteiger partial charge in [0.1, 0.15) is 17.7 Å². The molecule has 1 rings (SSSR count). The maximum absolute atomic E-state index is 8.71. The van der Waals surface area contributed by atoms with Crippen LogP contribution in [0.3, 0.4) is 0 Å². The average Bonchev–Trinajstić information content (AvgIpc) is 2.61. The van der Waals surface area contributed by atoms with E-state index in [1.807, 2.05) is 64.4 Å². The quantitative estimate of drug-likeness (QED) is 0.533. The molecular formula is C22H23N3. The van der Waals surface area contributed by atoms with Gasteiger partial charge in [0.05, 0.1) is 0 Å². The van der Waals surface area contributed by atoms with Crippen molar-refractivity contribution in [2.24, 2.45) is 0 Å². The van der Waals surface area contributed by atoms with E-state index in [-0.39, 0.29) is 5.57 Å². The van der Waals surface area contributed by atoms with Gasteiger partial charge in [-0.05, 0) is 43.2 Å². The monoisotopic (exact) mass is 329 g/mol. The standard InChI is InChI=1S/C22H23N3/c1-18(7-5-6-8-19(2)15-21(16-23)17-24)9-10-20-11-13-22(14-12-20)25(3)4/h5-15H,1-4H3/b6-5+,10-9+,18-7+,19-8+. The first-order valence-electron chi connectivity index (χ1n) is 7.95. The molecule has 3 heteroatoms. The minimum absolute atomic E-state index is 0.108. The van der Waals surface area contributed by atoms with Gasteiger partial charge in [-0.25, -0.2) is 0 Å². The molecule has 1 aromatic rings. The van der Waals surface area contributed by atoms with Gasteiger partial charge < -0.3 is 4.90 Å². The summed E-state index contributed by atoms with van der Waals surface area (Å²) in [6.07, 6.45) is 13.4. The summed E-state index contributed by atoms with van der Waals surface area (Å²) in [6.45, 7) is 3.89. The van der Waals surface area contributed by atoms with E-state index in [2.05, 4.69) is 41.3 Å². The Kier molecular flexibility index (Phi) is 8.27. The number of nitriles is 2. The van der Waals surface area contributed by atoms with Crippen molar-refractivity contribution in [3.8, 4) is 12.1 Å². The molecule has 0 unspecified atom stereocenters. The molecule has 0 radical (unpaired) electrons. The first-order valence-corrected chi connectivity index (χ1v) is 7.95. The third-order valence-corrected chi connectivity index (χ3v) is 3.39. The Balaban J connectivity index is 2.68. The fourth-order valence-corrected chi connectivity index (χ4v) is 1.95. The van der Waals surface area contributed by atoms with Gasteiger partial charge in [-0.3, -0.25) is 0 Å². The summed E-state index contributed by atoms with van der Waals surface area (Å²) in [5, 5.41) is 17.4. The van der Waals surface area contributed by atoms with Crippen LogP contribution in [-0.2, 0) is 0 Å². The number of hydrogen-bond acceptors (Lipinski definition) is 3. The Morgan fingerprint density at radius 2 is 1.48 bits per heavy atom. The van der Waals surface area contributed by atoms with E-state index < -0.39 is 0 Å². The van der Waals surface area contributed by atoms with Gasteiger partial charge in [0.15, 0.2) is 0 Å². The Labute approximate surface area is 150 Å². The van der Waals surface area contributed by atoms with Crippen molar-refractivity contribution >= 4 is 11.8 Å². The largest absolute Gasteiger partial charge is 0.378 e. The van der Waals surface area contributed by atoms with Gasteiger partial charge in [0.2, 0.25) is 0 Å². The lowest BCUT2D eigenvalue weighted by atomic mass is 10.1. The number of allylic oxidation sites excluding steroid dienone is 9. The molecule has 0 bridgehead atoms. The van der Waals surface area contributed by atoms with E-state index in [0.717, 1.165) is 16.7 Å². The molecule has 1 aromatic carbocycles. The summed E-state index contributed by atoms with van der Waals surface area (Å²) in [5.74, 6) is 0. The number of benzene rings is 1. The normalized spacial score (nSPS) is 12.1. The predicted octanol–water partition coefficient (Wildman–Crippen LogP) is 5.19. The first-order chi connectivity index (χ1) is 12.0. The molecule has 0 saturated carbocycles. The zero-order chi connectivity index (χ0) is 18.7. The van der Waals surface area contributed by atoms with Gasteiger partial charge in [-0.2, -0.15) is 10.5 Å². The Bertz CT molecular complexity index is 786. The molecule has 0 aromatic heterocycles. The van der Waals surface area contributed by atoms with Crippen LogP contribution in [0.1, 0.15) is 19.4 Å². The fourth-order valence-electron chi connectivity index (χ4n) is 1.95. The van der Waals surface area contributed by atoms with Crippen LogP contribution in [0.5, 0.6) is 0 Å². The lowest BCUT2D eigenvalue weighted by molar-refractivity contribution is 1.13. The molecular weight excluding hydrogens is 306 g/mol. The second-order valence-corrected chi connectivity index (χ2v) is 5.81. The highest BCUT2D eigenvalue weighted by molar-refractivity contribution is 5.57. The second kappa shape index (κ2) is 10.5. The van der Waals surface area contributed by atoms with E-state index in [0.29, 0.717) is 0 Å². The Morgan fingerprint density at radius 1 is 0.920 bits per heavy atom. The van der Waals surface area contributed by atoms with Crippen LogP contribution in [0.4, 0.5) is 5.69 Å². The van der Waals surface area contributed by atoms with Crippen LogP contribution < -0.4 is 4.90 Å². The summed E-state index contributed by atoms with van der Waals surface area (Å²) in [7, 11) is 4.05. The summed E-state index contributed by atoms with van der Waals surface area (Å²) in [4.78, 5) is 2.07. The highest BCUT2D eigenvalue weighted by Crippen LogP contribution is 2.13. The van der Waals surface area contributed by atoms with E-state index in [9.17, 15) is 0 Å². The van der Waals surface area contributed by atoms with E-state index in [4.69, 9.17) is 10.5 Å². The van der Waals surface area contributed by atoms with E-state index in [1.54, 1.807) is 6.08 Å². The van der Waals surface area contributed by atoms with Gasteiger partial charge in [-0.1, -0.05) is 54.2 Å². The predicted molar refractivity (Wildman–Crippen MR) is 106 cm³/mol. The summed E-state index contributed by atoms with van der Waals surface area (Å²) in [6, 6.07) is 12.1. The molecule has 0 N–H and O–H groups in total. The Hall–Kier alpha value is -3.30. The smallest absolute Gasteiger partial charge is 0.129 e. The third-order valence-electron chi connectivity index (χ3n) is 3.39. The number of hydrogen-bond donors (Lipinski definition) is 0. The van der Waals surface area contributed by atoms with Crippen LogP contribution in [-0.4, -0.2) is 14.1 Å². The second-order valence-electron chi connectivity index (χ2n) is 5.81. The molecule has 0 saturated heterocycles. The molecule has 0 amide bonds. The van der Waals surface area contributed by atoms with Crippen molar-refractivity contribution in [3.05, 3.63) is 83.0 Å². The maximum Gasteiger partial charge on any atom is 0.129 e. The van der Waals surface area contributed by atoms with Crippen LogP contribution in [0.15, 0.2) is 77.4 Å². The van der Waals surface area contributed by atoms with Crippen molar-refractivity contribution < 1.29 is 0 Å². The van der Waals surface area contributed by atoms with Crippen LogP contribution in [0, 0.1) is 22.7 Å². The molecule has 25 heavy (non-hydrogen) atoms. The highest BCUT2D eigenvalue weighted by atomic mass is 15.1. The summed E-state index contributed by atoms with van der Waals surface area (Å²) in [5.41, 5.74) is 4.43. The van der Waals surface area contributed by atoms with Gasteiger partial charge in [0.25, 0.3) is 0 Å². The minimum Gasteiger partial charge on any atom is -0.378 e. The third kappa shape index (κ3) is 7.68. The molecule has 0 aliphatic heterocycles. The van der Waals surface area contributed by atoms with E-state index >= 15 is 0 Å². The first kappa shape index (κ1) is 19.7. The molecule has 0 atom stereocenters. The lowest BCUT2D eigenvalue weighted by Crippen LogP contribution is -2.07. The Morgan fingerprint density at radius 3 is 2.00 bits per heavy atom. The maximum atomic E-state index is 8.71. The summed E-state index contributed by atoms with van der Waals surface area (Å²) >= 11 is 0. The highest BCUT2D eigenvalue weighted by Gasteiger charge is 1.93. The molecule has 126 valence electrons. The van der Waals surface area contributed by atoms with Gasteiger partial charge in [-0.15, -0.1) is 0 Å². The lowest BCUT2D eigenvalue weighted by Gasteiger charge is -2.11. The molecule has 0 fully saturated rings. The molecule has 0 heterocycles. The zero-order valence-corrected chi connectivity index (χ0v) is 15.2. The van der Waals surface area contributed by atoms with E-state index in [1.165, 1.54) is 5.69 Å². The number of rotatable bonds is 6. The van der Waals surface area contributed by atoms with Crippen molar-refractivity contribution in [2.45, 2.75) is 13.8 Å². The zero-order valence-electron chi connectivity index (χ0n) is 15.2. The SMILES string of the molecule is C\C(C=C(C#N)C#N)=C/C=C/C=C(C)/C=C/c1ccc(N(C)C)cc1. The van der Waals surface area contributed by atoms with Crippen LogP contribution in [0.25, 0.3) is 6.08 Å². The summed E-state index contributed by atoms with van der Waals surface area (Å²) < 4.78 is 0. The van der Waals surface area contributed by atoms with Crippen molar-refractivity contribution in [2.75, 3.05) is 19.0 Å². The van der Waals surface area contributed by atoms with Gasteiger partial charge in [0, 0.05) is 19.8 Å². The van der Waals surface area contributed by atoms with Crippen molar-refractivity contribution in [1.82, 2.24) is 0 Å². The van der Waals surface area contributed by atoms with Crippen molar-refractivity contribution in [1.29, 1.82) is 10.5 Å². The molecule has 3 nitrogen and oxygen atoms in total. The number of anilines is 1. The van der Waals surface area contributed by atoms with Crippen LogP contribution >= 0.6 is 0 Å². The van der Waals surface area contributed by atoms with Crippen molar-refractivity contribution in [3.63, 3.8) is 0 Å². The molecule has 0 aliphatic carbocycles. The topological polar surface area (TPSA) is 50.8 Å². The van der Waals surface area contributed by atoms with Gasteiger partial charge >= 0.3 is 0 Å². The number of nitrogens with zero attached hydrogens (tertiary/aromatic N) is 3.